The van der Waals surface area contributed by atoms with Crippen molar-refractivity contribution >= 4 is 21.8 Å². The van der Waals surface area contributed by atoms with Gasteiger partial charge in [-0.2, -0.15) is 0 Å². The van der Waals surface area contributed by atoms with Gasteiger partial charge in [0, 0.05) is 22.6 Å². The van der Waals surface area contributed by atoms with Crippen LogP contribution in [-0.2, 0) is 4.79 Å². The largest absolute Gasteiger partial charge is 0.492 e. The van der Waals surface area contributed by atoms with Gasteiger partial charge in [0.05, 0.1) is 6.10 Å². The number of aliphatic hydroxyl groups is 1. The molecule has 1 aromatic rings. The summed E-state index contributed by atoms with van der Waals surface area (Å²) in [6, 6.07) is 5.77. The van der Waals surface area contributed by atoms with Crippen LogP contribution in [0.5, 0.6) is 5.75 Å². The molecular formula is C15H20BrNO3. The third-order valence-corrected chi connectivity index (χ3v) is 3.91. The lowest BCUT2D eigenvalue weighted by Gasteiger charge is -2.30. The van der Waals surface area contributed by atoms with E-state index in [0.717, 1.165) is 15.8 Å². The van der Waals surface area contributed by atoms with Crippen molar-refractivity contribution in [3.8, 4) is 5.75 Å². The van der Waals surface area contributed by atoms with Gasteiger partial charge in [0.25, 0.3) is 0 Å². The van der Waals surface area contributed by atoms with Gasteiger partial charge in [-0.25, -0.2) is 0 Å². The van der Waals surface area contributed by atoms with E-state index in [1.807, 2.05) is 32.0 Å². The molecule has 2 rings (SSSR count). The molecule has 0 aliphatic carbocycles. The molecule has 1 amide bonds. The first-order chi connectivity index (χ1) is 9.40. The molecule has 0 radical (unpaired) electrons. The quantitative estimate of drug-likeness (QED) is 0.915. The number of hydrogen-bond acceptors (Lipinski definition) is 3. The van der Waals surface area contributed by atoms with Crippen molar-refractivity contribution in [3.63, 3.8) is 0 Å². The molecular weight excluding hydrogens is 322 g/mol. The van der Waals surface area contributed by atoms with Crippen molar-refractivity contribution in [1.82, 2.24) is 4.90 Å². The number of carbonyl (C=O) groups is 1. The summed E-state index contributed by atoms with van der Waals surface area (Å²) >= 11 is 3.43. The molecule has 110 valence electrons. The SMILES string of the molecule is CC(O)CN(C(=O)C1COc2ccc(Br)cc21)C(C)C. The van der Waals surface area contributed by atoms with Crippen molar-refractivity contribution in [2.45, 2.75) is 38.8 Å². The van der Waals surface area contributed by atoms with E-state index < -0.39 is 6.10 Å². The number of hydrogen-bond donors (Lipinski definition) is 1. The van der Waals surface area contributed by atoms with Crippen LogP contribution in [0.15, 0.2) is 22.7 Å². The van der Waals surface area contributed by atoms with Gasteiger partial charge in [-0.3, -0.25) is 4.79 Å². The molecule has 1 N–H and O–H groups in total. The van der Waals surface area contributed by atoms with Crippen LogP contribution >= 0.6 is 15.9 Å². The average molecular weight is 342 g/mol. The first-order valence-electron chi connectivity index (χ1n) is 6.81. The number of benzene rings is 1. The summed E-state index contributed by atoms with van der Waals surface area (Å²) in [4.78, 5) is 14.4. The van der Waals surface area contributed by atoms with Crippen LogP contribution < -0.4 is 4.74 Å². The summed E-state index contributed by atoms with van der Waals surface area (Å²) in [5, 5.41) is 9.57. The molecule has 1 heterocycles. The van der Waals surface area contributed by atoms with Crippen LogP contribution in [0, 0.1) is 0 Å². The monoisotopic (exact) mass is 341 g/mol. The van der Waals surface area contributed by atoms with Crippen molar-refractivity contribution in [2.75, 3.05) is 13.2 Å². The number of carbonyl (C=O) groups excluding carboxylic acids is 1. The maximum atomic E-state index is 12.7. The van der Waals surface area contributed by atoms with Crippen molar-refractivity contribution < 1.29 is 14.6 Å². The van der Waals surface area contributed by atoms with E-state index in [1.54, 1.807) is 11.8 Å². The zero-order chi connectivity index (χ0) is 14.9. The van der Waals surface area contributed by atoms with Gasteiger partial charge in [0.15, 0.2) is 0 Å². The maximum absolute atomic E-state index is 12.7. The third-order valence-electron chi connectivity index (χ3n) is 3.42. The van der Waals surface area contributed by atoms with Crippen molar-refractivity contribution in [1.29, 1.82) is 0 Å². The summed E-state index contributed by atoms with van der Waals surface area (Å²) in [7, 11) is 0. The Labute approximate surface area is 127 Å². The zero-order valence-corrected chi connectivity index (χ0v) is 13.6. The van der Waals surface area contributed by atoms with E-state index in [-0.39, 0.29) is 17.9 Å². The number of amides is 1. The molecule has 0 saturated heterocycles. The van der Waals surface area contributed by atoms with Crippen LogP contribution in [0.3, 0.4) is 0 Å². The molecule has 20 heavy (non-hydrogen) atoms. The highest BCUT2D eigenvalue weighted by Crippen LogP contribution is 2.37. The molecule has 2 unspecified atom stereocenters. The highest BCUT2D eigenvalue weighted by atomic mass is 79.9. The normalized spacial score (nSPS) is 18.6. The number of halogens is 1. The first-order valence-corrected chi connectivity index (χ1v) is 7.60. The smallest absolute Gasteiger partial charge is 0.234 e. The molecule has 0 bridgehead atoms. The summed E-state index contributed by atoms with van der Waals surface area (Å²) in [6.45, 7) is 6.32. The summed E-state index contributed by atoms with van der Waals surface area (Å²) in [6.07, 6.45) is -0.536. The van der Waals surface area contributed by atoms with Gasteiger partial charge in [-0.05, 0) is 39.0 Å². The van der Waals surface area contributed by atoms with E-state index in [0.29, 0.717) is 13.2 Å². The molecule has 4 nitrogen and oxygen atoms in total. The minimum Gasteiger partial charge on any atom is -0.492 e. The molecule has 0 aromatic heterocycles. The fraction of sp³-hybridized carbons (Fsp3) is 0.533. The fourth-order valence-electron chi connectivity index (χ4n) is 2.43. The molecule has 0 saturated carbocycles. The average Bonchev–Trinajstić information content (AvgIpc) is 2.77. The van der Waals surface area contributed by atoms with Crippen LogP contribution in [-0.4, -0.2) is 41.2 Å². The van der Waals surface area contributed by atoms with E-state index in [9.17, 15) is 9.90 Å². The van der Waals surface area contributed by atoms with Gasteiger partial charge in [0.1, 0.15) is 18.3 Å². The minimum atomic E-state index is -0.536. The van der Waals surface area contributed by atoms with Crippen LogP contribution in [0.1, 0.15) is 32.3 Å². The Balaban J connectivity index is 2.24. The van der Waals surface area contributed by atoms with Gasteiger partial charge in [0.2, 0.25) is 5.91 Å². The summed E-state index contributed by atoms with van der Waals surface area (Å²) in [5.74, 6) is 0.494. The third kappa shape index (κ3) is 3.15. The molecule has 1 aliphatic rings. The van der Waals surface area contributed by atoms with Crippen LogP contribution in [0.4, 0.5) is 0 Å². The lowest BCUT2D eigenvalue weighted by molar-refractivity contribution is -0.136. The Morgan fingerprint density at radius 2 is 2.20 bits per heavy atom. The predicted octanol–water partition coefficient (Wildman–Crippen LogP) is 2.54. The van der Waals surface area contributed by atoms with Crippen molar-refractivity contribution in [2.24, 2.45) is 0 Å². The topological polar surface area (TPSA) is 49.8 Å². The molecule has 0 spiro atoms. The van der Waals surface area contributed by atoms with E-state index >= 15 is 0 Å². The Morgan fingerprint density at radius 3 is 2.80 bits per heavy atom. The first kappa shape index (κ1) is 15.3. The highest BCUT2D eigenvalue weighted by molar-refractivity contribution is 9.10. The molecule has 0 fully saturated rings. The fourth-order valence-corrected chi connectivity index (χ4v) is 2.81. The van der Waals surface area contributed by atoms with E-state index in [1.165, 1.54) is 0 Å². The predicted molar refractivity (Wildman–Crippen MR) is 80.9 cm³/mol. The minimum absolute atomic E-state index is 0.0118. The highest BCUT2D eigenvalue weighted by Gasteiger charge is 2.34. The Kier molecular flexibility index (Phi) is 4.70. The molecule has 2 atom stereocenters. The zero-order valence-electron chi connectivity index (χ0n) is 12.0. The van der Waals surface area contributed by atoms with Gasteiger partial charge >= 0.3 is 0 Å². The Hall–Kier alpha value is -1.07. The lowest BCUT2D eigenvalue weighted by atomic mass is 9.99. The second-order valence-electron chi connectivity index (χ2n) is 5.48. The number of aliphatic hydroxyl groups excluding tert-OH is 1. The molecule has 5 heteroatoms. The Morgan fingerprint density at radius 1 is 1.50 bits per heavy atom. The second kappa shape index (κ2) is 6.14. The van der Waals surface area contributed by atoms with Gasteiger partial charge in [-0.1, -0.05) is 15.9 Å². The number of nitrogens with zero attached hydrogens (tertiary/aromatic N) is 1. The molecule has 1 aliphatic heterocycles. The lowest BCUT2D eigenvalue weighted by Crippen LogP contribution is -2.44. The number of fused-ring (bicyclic) bond motifs is 1. The Bertz CT molecular complexity index is 502. The standard InChI is InChI=1S/C15H20BrNO3/c1-9(2)17(7-10(3)18)15(19)13-8-20-14-5-4-11(16)6-12(13)14/h4-6,9-10,13,18H,7-8H2,1-3H3. The summed E-state index contributed by atoms with van der Waals surface area (Å²) in [5.41, 5.74) is 0.917. The van der Waals surface area contributed by atoms with Gasteiger partial charge in [-0.15, -0.1) is 0 Å². The number of rotatable bonds is 4. The van der Waals surface area contributed by atoms with E-state index in [2.05, 4.69) is 15.9 Å². The van der Waals surface area contributed by atoms with E-state index in [4.69, 9.17) is 4.74 Å². The maximum Gasteiger partial charge on any atom is 0.234 e. The number of ether oxygens (including phenoxy) is 1. The van der Waals surface area contributed by atoms with Crippen LogP contribution in [0.2, 0.25) is 0 Å². The summed E-state index contributed by atoms with van der Waals surface area (Å²) < 4.78 is 6.53. The molecule has 1 aromatic carbocycles. The van der Waals surface area contributed by atoms with Gasteiger partial charge < -0.3 is 14.7 Å². The second-order valence-corrected chi connectivity index (χ2v) is 6.39. The van der Waals surface area contributed by atoms with Crippen LogP contribution in [0.25, 0.3) is 0 Å². The van der Waals surface area contributed by atoms with Crippen molar-refractivity contribution in [3.05, 3.63) is 28.2 Å².